The number of hydrogen-bond donors (Lipinski definition) is 2. The summed E-state index contributed by atoms with van der Waals surface area (Å²) in [4.78, 5) is 28.2. The van der Waals surface area contributed by atoms with Crippen LogP contribution in [0.5, 0.6) is 0 Å². The molecule has 116 valence electrons. The van der Waals surface area contributed by atoms with Crippen LogP contribution in [0.1, 0.15) is 30.0 Å². The molecule has 0 aliphatic rings. The van der Waals surface area contributed by atoms with E-state index in [9.17, 15) is 9.59 Å². The average Bonchev–Trinajstić information content (AvgIpc) is 3.05. The second kappa shape index (κ2) is 7.40. The molecule has 6 nitrogen and oxygen atoms in total. The van der Waals surface area contributed by atoms with Gasteiger partial charge in [0.2, 0.25) is 5.91 Å². The fourth-order valence-corrected chi connectivity index (χ4v) is 1.95. The molecule has 0 saturated heterocycles. The normalized spacial score (nSPS) is 12.0. The Morgan fingerprint density at radius 2 is 1.95 bits per heavy atom. The van der Waals surface area contributed by atoms with Crippen molar-refractivity contribution in [1.29, 1.82) is 0 Å². The second-order valence-corrected chi connectivity index (χ2v) is 5.25. The summed E-state index contributed by atoms with van der Waals surface area (Å²) in [5.74, 6) is -0.488. The number of carbonyl (C=O) groups is 2. The summed E-state index contributed by atoms with van der Waals surface area (Å²) in [6.45, 7) is 4.14. The molecule has 0 saturated carbocycles. The molecule has 1 atom stereocenters. The van der Waals surface area contributed by atoms with Crippen LogP contribution in [0.2, 0.25) is 0 Å². The lowest BCUT2D eigenvalue weighted by atomic mass is 10.0. The van der Waals surface area contributed by atoms with E-state index in [1.165, 1.54) is 6.26 Å². The molecule has 2 aromatic rings. The van der Waals surface area contributed by atoms with E-state index in [4.69, 9.17) is 4.42 Å². The van der Waals surface area contributed by atoms with Gasteiger partial charge in [-0.25, -0.2) is 0 Å². The van der Waals surface area contributed by atoms with Crippen molar-refractivity contribution in [3.8, 4) is 0 Å². The third kappa shape index (κ3) is 4.18. The summed E-state index contributed by atoms with van der Waals surface area (Å²) >= 11 is 0. The Kier molecular flexibility index (Phi) is 5.30. The topological polar surface area (TPSA) is 84.2 Å². The number of carbonyl (C=O) groups excluding carboxylic acids is 2. The molecule has 1 unspecified atom stereocenters. The first-order valence-electron chi connectivity index (χ1n) is 7.09. The second-order valence-electron chi connectivity index (χ2n) is 5.25. The van der Waals surface area contributed by atoms with E-state index in [2.05, 4.69) is 15.6 Å². The molecule has 0 radical (unpaired) electrons. The SMILES string of the molecule is CC(C)C(NC(=O)c1ccco1)C(=O)NCc1ccncc1. The molecular formula is C16H19N3O3. The maximum atomic E-state index is 12.3. The zero-order chi connectivity index (χ0) is 15.9. The van der Waals surface area contributed by atoms with Crippen molar-refractivity contribution >= 4 is 11.8 Å². The minimum Gasteiger partial charge on any atom is -0.459 e. The number of aromatic nitrogens is 1. The van der Waals surface area contributed by atoms with Crippen LogP contribution in [-0.4, -0.2) is 22.8 Å². The summed E-state index contributed by atoms with van der Waals surface area (Å²) < 4.78 is 5.03. The van der Waals surface area contributed by atoms with Crippen LogP contribution in [0, 0.1) is 5.92 Å². The zero-order valence-corrected chi connectivity index (χ0v) is 12.6. The molecule has 2 rings (SSSR count). The maximum Gasteiger partial charge on any atom is 0.287 e. The quantitative estimate of drug-likeness (QED) is 0.851. The molecule has 0 bridgehead atoms. The monoisotopic (exact) mass is 301 g/mol. The lowest BCUT2D eigenvalue weighted by Gasteiger charge is -2.21. The Labute approximate surface area is 128 Å². The van der Waals surface area contributed by atoms with Crippen LogP contribution in [0.3, 0.4) is 0 Å². The van der Waals surface area contributed by atoms with E-state index >= 15 is 0 Å². The van der Waals surface area contributed by atoms with Gasteiger partial charge in [0.1, 0.15) is 6.04 Å². The molecular weight excluding hydrogens is 282 g/mol. The van der Waals surface area contributed by atoms with Crippen molar-refractivity contribution in [3.63, 3.8) is 0 Å². The summed E-state index contributed by atoms with van der Waals surface area (Å²) in [5, 5.41) is 5.52. The molecule has 2 amide bonds. The minimum absolute atomic E-state index is 0.0450. The number of furan rings is 1. The molecule has 0 fully saturated rings. The molecule has 0 spiro atoms. The van der Waals surface area contributed by atoms with Crippen LogP contribution in [0.25, 0.3) is 0 Å². The summed E-state index contributed by atoms with van der Waals surface area (Å²) in [7, 11) is 0. The van der Waals surface area contributed by atoms with E-state index < -0.39 is 11.9 Å². The Balaban J connectivity index is 1.95. The van der Waals surface area contributed by atoms with Gasteiger partial charge < -0.3 is 15.1 Å². The largest absolute Gasteiger partial charge is 0.459 e. The highest BCUT2D eigenvalue weighted by Gasteiger charge is 2.25. The van der Waals surface area contributed by atoms with Crippen LogP contribution in [-0.2, 0) is 11.3 Å². The van der Waals surface area contributed by atoms with Crippen LogP contribution in [0.4, 0.5) is 0 Å². The van der Waals surface area contributed by atoms with Crippen LogP contribution < -0.4 is 10.6 Å². The average molecular weight is 301 g/mol. The van der Waals surface area contributed by atoms with Crippen LogP contribution in [0.15, 0.2) is 47.3 Å². The molecule has 0 aliphatic heterocycles. The van der Waals surface area contributed by atoms with E-state index in [0.29, 0.717) is 6.54 Å². The number of amides is 2. The smallest absolute Gasteiger partial charge is 0.287 e. The van der Waals surface area contributed by atoms with Gasteiger partial charge in [-0.1, -0.05) is 13.8 Å². The van der Waals surface area contributed by atoms with Crippen molar-refractivity contribution < 1.29 is 14.0 Å². The predicted molar refractivity (Wildman–Crippen MR) is 80.9 cm³/mol. The van der Waals surface area contributed by atoms with Gasteiger partial charge in [-0.05, 0) is 35.7 Å². The Morgan fingerprint density at radius 3 is 2.55 bits per heavy atom. The molecule has 22 heavy (non-hydrogen) atoms. The highest BCUT2D eigenvalue weighted by atomic mass is 16.3. The van der Waals surface area contributed by atoms with Gasteiger partial charge in [0.15, 0.2) is 5.76 Å². The van der Waals surface area contributed by atoms with Crippen molar-refractivity contribution in [2.75, 3.05) is 0 Å². The summed E-state index contributed by atoms with van der Waals surface area (Å²) in [5.41, 5.74) is 0.947. The van der Waals surface area contributed by atoms with Crippen LogP contribution >= 0.6 is 0 Å². The third-order valence-electron chi connectivity index (χ3n) is 3.20. The first-order valence-corrected chi connectivity index (χ1v) is 7.09. The summed E-state index contributed by atoms with van der Waals surface area (Å²) in [6.07, 6.45) is 4.75. The Morgan fingerprint density at radius 1 is 1.23 bits per heavy atom. The summed E-state index contributed by atoms with van der Waals surface area (Å²) in [6, 6.07) is 6.21. The van der Waals surface area contributed by atoms with E-state index in [1.807, 2.05) is 26.0 Å². The fourth-order valence-electron chi connectivity index (χ4n) is 1.95. The van der Waals surface area contributed by atoms with Gasteiger partial charge in [-0.15, -0.1) is 0 Å². The maximum absolute atomic E-state index is 12.3. The molecule has 2 aromatic heterocycles. The molecule has 0 aromatic carbocycles. The Hall–Kier alpha value is -2.63. The van der Waals surface area contributed by atoms with Crippen molar-refractivity contribution in [2.24, 2.45) is 5.92 Å². The molecule has 2 heterocycles. The Bertz CT molecular complexity index is 609. The van der Waals surface area contributed by atoms with Crippen molar-refractivity contribution in [3.05, 3.63) is 54.2 Å². The standard InChI is InChI=1S/C16H19N3O3/c1-11(2)14(19-15(20)13-4-3-9-22-13)16(21)18-10-12-5-7-17-8-6-12/h3-9,11,14H,10H2,1-2H3,(H,18,21)(H,19,20). The molecule has 2 N–H and O–H groups in total. The van der Waals surface area contributed by atoms with Gasteiger partial charge in [0, 0.05) is 18.9 Å². The van der Waals surface area contributed by atoms with Gasteiger partial charge >= 0.3 is 0 Å². The third-order valence-corrected chi connectivity index (χ3v) is 3.20. The van der Waals surface area contributed by atoms with Gasteiger partial charge in [-0.2, -0.15) is 0 Å². The lowest BCUT2D eigenvalue weighted by molar-refractivity contribution is -0.124. The van der Waals surface area contributed by atoms with E-state index in [0.717, 1.165) is 5.56 Å². The first-order chi connectivity index (χ1) is 10.6. The van der Waals surface area contributed by atoms with E-state index in [-0.39, 0.29) is 17.6 Å². The lowest BCUT2D eigenvalue weighted by Crippen LogP contribution is -2.49. The first kappa shape index (κ1) is 15.8. The van der Waals surface area contributed by atoms with E-state index in [1.54, 1.807) is 24.5 Å². The number of pyridine rings is 1. The fraction of sp³-hybridized carbons (Fsp3) is 0.312. The zero-order valence-electron chi connectivity index (χ0n) is 12.6. The molecule has 0 aliphatic carbocycles. The van der Waals surface area contributed by atoms with Crippen molar-refractivity contribution in [2.45, 2.75) is 26.4 Å². The van der Waals surface area contributed by atoms with Crippen molar-refractivity contribution in [1.82, 2.24) is 15.6 Å². The molecule has 6 heteroatoms. The number of nitrogens with one attached hydrogen (secondary N) is 2. The van der Waals surface area contributed by atoms with Gasteiger partial charge in [0.05, 0.1) is 6.26 Å². The van der Waals surface area contributed by atoms with Gasteiger partial charge in [0.25, 0.3) is 5.91 Å². The highest BCUT2D eigenvalue weighted by molar-refractivity contribution is 5.95. The predicted octanol–water partition coefficient (Wildman–Crippen LogP) is 1.75. The van der Waals surface area contributed by atoms with Gasteiger partial charge in [-0.3, -0.25) is 14.6 Å². The number of nitrogens with zero attached hydrogens (tertiary/aromatic N) is 1. The minimum atomic E-state index is -0.626. The number of hydrogen-bond acceptors (Lipinski definition) is 4. The highest BCUT2D eigenvalue weighted by Crippen LogP contribution is 2.06. The number of rotatable bonds is 6.